The van der Waals surface area contributed by atoms with Crippen LogP contribution in [0.2, 0.25) is 0 Å². The molecule has 0 aliphatic heterocycles. The Bertz CT molecular complexity index is 581. The quantitative estimate of drug-likeness (QED) is 0.889. The normalized spacial score (nSPS) is 16.9. The van der Waals surface area contributed by atoms with Gasteiger partial charge in [-0.2, -0.15) is 0 Å². The summed E-state index contributed by atoms with van der Waals surface area (Å²) in [4.78, 5) is 12.1. The summed E-state index contributed by atoms with van der Waals surface area (Å²) in [6.45, 7) is 2.01. The van der Waals surface area contributed by atoms with Crippen LogP contribution in [0.3, 0.4) is 0 Å². The summed E-state index contributed by atoms with van der Waals surface area (Å²) in [5.74, 6) is 0.102. The van der Waals surface area contributed by atoms with Gasteiger partial charge in [-0.25, -0.2) is 8.42 Å². The highest BCUT2D eigenvalue weighted by Crippen LogP contribution is 2.28. The van der Waals surface area contributed by atoms with E-state index in [1.165, 1.54) is 13.0 Å². The molecule has 1 aliphatic rings. The number of rotatable bonds is 5. The summed E-state index contributed by atoms with van der Waals surface area (Å²) < 4.78 is 25.2. The van der Waals surface area contributed by atoms with Crippen LogP contribution < -0.4 is 5.32 Å². The van der Waals surface area contributed by atoms with Crippen molar-refractivity contribution < 1.29 is 13.2 Å². The van der Waals surface area contributed by atoms with Crippen molar-refractivity contribution in [3.63, 3.8) is 0 Å². The largest absolute Gasteiger partial charge is 0.355 e. The lowest BCUT2D eigenvalue weighted by atomic mass is 10.4. The Morgan fingerprint density at radius 2 is 2.05 bits per heavy atom. The van der Waals surface area contributed by atoms with Gasteiger partial charge in [-0.05, 0) is 53.7 Å². The Kier molecular flexibility index (Phi) is 4.30. The molecule has 1 atom stereocenters. The maximum absolute atomic E-state index is 12.4. The van der Waals surface area contributed by atoms with Crippen molar-refractivity contribution in [3.8, 4) is 0 Å². The van der Waals surface area contributed by atoms with Crippen molar-refractivity contribution in [3.05, 3.63) is 28.7 Å². The highest BCUT2D eigenvalue weighted by molar-refractivity contribution is 9.10. The van der Waals surface area contributed by atoms with E-state index in [1.807, 2.05) is 0 Å². The molecule has 0 radical (unpaired) electrons. The SMILES string of the molecule is CC(C(=O)NCC1CC1)S(=O)(=O)c1ccccc1Br. The second kappa shape index (κ2) is 5.63. The highest BCUT2D eigenvalue weighted by Gasteiger charge is 2.32. The van der Waals surface area contributed by atoms with Crippen LogP contribution in [0.25, 0.3) is 0 Å². The molecule has 1 aromatic rings. The first-order valence-electron chi connectivity index (χ1n) is 6.19. The van der Waals surface area contributed by atoms with Gasteiger partial charge in [-0.15, -0.1) is 0 Å². The van der Waals surface area contributed by atoms with Gasteiger partial charge in [0, 0.05) is 11.0 Å². The summed E-state index contributed by atoms with van der Waals surface area (Å²) in [5, 5.41) is 1.63. The van der Waals surface area contributed by atoms with Gasteiger partial charge >= 0.3 is 0 Å². The number of sulfone groups is 1. The number of benzene rings is 1. The number of carbonyl (C=O) groups excluding carboxylic acids is 1. The maximum atomic E-state index is 12.4. The summed E-state index contributed by atoms with van der Waals surface area (Å²) in [5.41, 5.74) is 0. The fraction of sp³-hybridized carbons (Fsp3) is 0.462. The third kappa shape index (κ3) is 3.36. The van der Waals surface area contributed by atoms with Crippen molar-refractivity contribution in [2.75, 3.05) is 6.54 Å². The minimum atomic E-state index is -3.66. The van der Waals surface area contributed by atoms with Gasteiger partial charge in [0.1, 0.15) is 5.25 Å². The molecule has 0 bridgehead atoms. The molecular formula is C13H16BrNO3S. The molecule has 1 amide bonds. The standard InChI is InChI=1S/C13H16BrNO3S/c1-9(13(16)15-8-10-6-7-10)19(17,18)12-5-3-2-4-11(12)14/h2-5,9-10H,6-8H2,1H3,(H,15,16). The third-order valence-electron chi connectivity index (χ3n) is 3.24. The molecule has 4 nitrogen and oxygen atoms in total. The van der Waals surface area contributed by atoms with Gasteiger partial charge in [-0.1, -0.05) is 12.1 Å². The number of hydrogen-bond acceptors (Lipinski definition) is 3. The minimum absolute atomic E-state index is 0.157. The number of amides is 1. The van der Waals surface area contributed by atoms with Gasteiger partial charge in [0.2, 0.25) is 5.91 Å². The van der Waals surface area contributed by atoms with Crippen molar-refractivity contribution >= 4 is 31.7 Å². The fourth-order valence-corrected chi connectivity index (χ4v) is 4.03. The summed E-state index contributed by atoms with van der Waals surface area (Å²) >= 11 is 3.21. The zero-order chi connectivity index (χ0) is 14.0. The zero-order valence-electron chi connectivity index (χ0n) is 10.6. The Hall–Kier alpha value is -0.880. The topological polar surface area (TPSA) is 63.2 Å². The molecule has 0 aromatic heterocycles. The fourth-order valence-electron chi connectivity index (χ4n) is 1.72. The van der Waals surface area contributed by atoms with E-state index in [0.717, 1.165) is 12.8 Å². The molecular weight excluding hydrogens is 330 g/mol. The summed E-state index contributed by atoms with van der Waals surface area (Å²) in [7, 11) is -3.66. The van der Waals surface area contributed by atoms with E-state index in [2.05, 4.69) is 21.2 Å². The van der Waals surface area contributed by atoms with Crippen LogP contribution in [0.5, 0.6) is 0 Å². The minimum Gasteiger partial charge on any atom is -0.355 e. The van der Waals surface area contributed by atoms with E-state index in [0.29, 0.717) is 16.9 Å². The lowest BCUT2D eigenvalue weighted by molar-refractivity contribution is -0.120. The van der Waals surface area contributed by atoms with E-state index in [4.69, 9.17) is 0 Å². The molecule has 1 aliphatic carbocycles. The molecule has 1 aromatic carbocycles. The lowest BCUT2D eigenvalue weighted by Gasteiger charge is -2.14. The molecule has 104 valence electrons. The predicted molar refractivity (Wildman–Crippen MR) is 76.5 cm³/mol. The molecule has 1 saturated carbocycles. The van der Waals surface area contributed by atoms with Gasteiger partial charge < -0.3 is 5.32 Å². The van der Waals surface area contributed by atoms with Gasteiger partial charge in [-0.3, -0.25) is 4.79 Å². The van der Waals surface area contributed by atoms with Crippen molar-refractivity contribution in [2.45, 2.75) is 29.9 Å². The first kappa shape index (κ1) is 14.5. The van der Waals surface area contributed by atoms with E-state index >= 15 is 0 Å². The van der Waals surface area contributed by atoms with Crippen LogP contribution in [0, 0.1) is 5.92 Å². The van der Waals surface area contributed by atoms with Crippen LogP contribution in [-0.2, 0) is 14.6 Å². The number of hydrogen-bond donors (Lipinski definition) is 1. The lowest BCUT2D eigenvalue weighted by Crippen LogP contribution is -2.38. The Balaban J connectivity index is 2.14. The monoisotopic (exact) mass is 345 g/mol. The Labute approximate surface area is 121 Å². The average molecular weight is 346 g/mol. The molecule has 1 N–H and O–H groups in total. The van der Waals surface area contributed by atoms with Crippen LogP contribution >= 0.6 is 15.9 Å². The van der Waals surface area contributed by atoms with Gasteiger partial charge in [0.15, 0.2) is 9.84 Å². The number of nitrogens with one attached hydrogen (secondary N) is 1. The Morgan fingerprint density at radius 1 is 1.42 bits per heavy atom. The Morgan fingerprint density at radius 3 is 2.63 bits per heavy atom. The number of halogens is 1. The van der Waals surface area contributed by atoms with Crippen molar-refractivity contribution in [1.29, 1.82) is 0 Å². The molecule has 19 heavy (non-hydrogen) atoms. The molecule has 1 unspecified atom stereocenters. The van der Waals surface area contributed by atoms with E-state index in [1.54, 1.807) is 18.2 Å². The molecule has 0 saturated heterocycles. The third-order valence-corrected chi connectivity index (χ3v) is 6.31. The molecule has 1 fully saturated rings. The van der Waals surface area contributed by atoms with Crippen LogP contribution in [0.4, 0.5) is 0 Å². The van der Waals surface area contributed by atoms with Crippen LogP contribution in [-0.4, -0.2) is 26.1 Å². The first-order valence-corrected chi connectivity index (χ1v) is 8.53. The smallest absolute Gasteiger partial charge is 0.238 e. The molecule has 0 spiro atoms. The van der Waals surface area contributed by atoms with Gasteiger partial charge in [0.25, 0.3) is 0 Å². The van der Waals surface area contributed by atoms with E-state index in [9.17, 15) is 13.2 Å². The zero-order valence-corrected chi connectivity index (χ0v) is 13.0. The molecule has 0 heterocycles. The van der Waals surface area contributed by atoms with Crippen LogP contribution in [0.1, 0.15) is 19.8 Å². The second-order valence-electron chi connectivity index (χ2n) is 4.81. The van der Waals surface area contributed by atoms with E-state index in [-0.39, 0.29) is 4.90 Å². The highest BCUT2D eigenvalue weighted by atomic mass is 79.9. The molecule has 6 heteroatoms. The maximum Gasteiger partial charge on any atom is 0.238 e. The predicted octanol–water partition coefficient (Wildman–Crippen LogP) is 2.14. The molecule has 2 rings (SSSR count). The van der Waals surface area contributed by atoms with Crippen molar-refractivity contribution in [2.24, 2.45) is 5.92 Å². The summed E-state index contributed by atoms with van der Waals surface area (Å²) in [6, 6.07) is 6.54. The second-order valence-corrected chi connectivity index (χ2v) is 7.90. The van der Waals surface area contributed by atoms with Crippen LogP contribution in [0.15, 0.2) is 33.6 Å². The van der Waals surface area contributed by atoms with E-state index < -0.39 is 21.0 Å². The first-order chi connectivity index (χ1) is 8.93. The average Bonchev–Trinajstić information content (AvgIpc) is 3.19. The number of carbonyl (C=O) groups is 1. The van der Waals surface area contributed by atoms with Gasteiger partial charge in [0.05, 0.1) is 4.90 Å². The summed E-state index contributed by atoms with van der Waals surface area (Å²) in [6.07, 6.45) is 2.23. The van der Waals surface area contributed by atoms with Crippen molar-refractivity contribution in [1.82, 2.24) is 5.32 Å².